The molecule has 0 unspecified atom stereocenters. The second-order valence-electron chi connectivity index (χ2n) is 5.87. The number of para-hydroxylation sites is 1. The minimum atomic E-state index is -0.313. The van der Waals surface area contributed by atoms with Crippen LogP contribution in [0.15, 0.2) is 77.7 Å². The summed E-state index contributed by atoms with van der Waals surface area (Å²) in [5.74, 6) is -0.302. The highest BCUT2D eigenvalue weighted by Crippen LogP contribution is 2.16. The van der Waals surface area contributed by atoms with Crippen molar-refractivity contribution in [2.45, 2.75) is 13.5 Å². The third kappa shape index (κ3) is 3.86. The van der Waals surface area contributed by atoms with Crippen LogP contribution in [0.2, 0.25) is 5.02 Å². The van der Waals surface area contributed by atoms with Crippen LogP contribution >= 0.6 is 11.6 Å². The Morgan fingerprint density at radius 2 is 1.81 bits per heavy atom. The molecule has 1 amide bonds. The molecule has 3 rings (SSSR count). The summed E-state index contributed by atoms with van der Waals surface area (Å²) in [6.07, 6.45) is 1.68. The molecule has 26 heavy (non-hydrogen) atoms. The van der Waals surface area contributed by atoms with Crippen molar-refractivity contribution in [2.24, 2.45) is 0 Å². The Labute approximate surface area is 157 Å². The third-order valence-electron chi connectivity index (χ3n) is 4.12. The highest BCUT2D eigenvalue weighted by molar-refractivity contribution is 6.30. The maximum absolute atomic E-state index is 12.9. The van der Waals surface area contributed by atoms with Gasteiger partial charge in [0.1, 0.15) is 5.56 Å². The molecule has 5 heteroatoms. The number of pyridine rings is 1. The molecule has 0 radical (unpaired) electrons. The van der Waals surface area contributed by atoms with Gasteiger partial charge in [0.15, 0.2) is 0 Å². The molecule has 0 N–H and O–H groups in total. The van der Waals surface area contributed by atoms with Gasteiger partial charge in [-0.2, -0.15) is 0 Å². The molecule has 1 heterocycles. The zero-order chi connectivity index (χ0) is 18.5. The average Bonchev–Trinajstić information content (AvgIpc) is 2.65. The van der Waals surface area contributed by atoms with Crippen molar-refractivity contribution in [2.75, 3.05) is 11.4 Å². The van der Waals surface area contributed by atoms with Crippen molar-refractivity contribution < 1.29 is 4.79 Å². The van der Waals surface area contributed by atoms with E-state index < -0.39 is 0 Å². The van der Waals surface area contributed by atoms with Crippen LogP contribution in [0.25, 0.3) is 0 Å². The van der Waals surface area contributed by atoms with Gasteiger partial charge < -0.3 is 9.47 Å². The van der Waals surface area contributed by atoms with E-state index in [1.165, 1.54) is 4.57 Å². The van der Waals surface area contributed by atoms with E-state index in [-0.39, 0.29) is 17.0 Å². The van der Waals surface area contributed by atoms with Crippen LogP contribution in [0.3, 0.4) is 0 Å². The number of halogens is 1. The summed E-state index contributed by atoms with van der Waals surface area (Å²) in [7, 11) is 0. The fourth-order valence-electron chi connectivity index (χ4n) is 2.85. The van der Waals surface area contributed by atoms with Crippen LogP contribution < -0.4 is 10.5 Å². The van der Waals surface area contributed by atoms with Crippen molar-refractivity contribution >= 4 is 23.2 Å². The summed E-state index contributed by atoms with van der Waals surface area (Å²) >= 11 is 6.01. The first kappa shape index (κ1) is 18.0. The van der Waals surface area contributed by atoms with E-state index in [9.17, 15) is 9.59 Å². The van der Waals surface area contributed by atoms with Gasteiger partial charge in [-0.25, -0.2) is 0 Å². The van der Waals surface area contributed by atoms with E-state index in [1.807, 2.05) is 55.5 Å². The average molecular weight is 367 g/mol. The lowest BCUT2D eigenvalue weighted by Gasteiger charge is -2.21. The van der Waals surface area contributed by atoms with Crippen molar-refractivity contribution in [1.29, 1.82) is 0 Å². The van der Waals surface area contributed by atoms with Crippen LogP contribution in [0, 0.1) is 0 Å². The number of carbonyl (C=O) groups excluding carboxylic acids is 1. The second-order valence-corrected chi connectivity index (χ2v) is 6.31. The number of hydrogen-bond acceptors (Lipinski definition) is 2. The van der Waals surface area contributed by atoms with Gasteiger partial charge in [0.25, 0.3) is 11.5 Å². The molecule has 4 nitrogen and oxygen atoms in total. The molecular weight excluding hydrogens is 348 g/mol. The first-order valence-electron chi connectivity index (χ1n) is 8.41. The van der Waals surface area contributed by atoms with Gasteiger partial charge >= 0.3 is 0 Å². The van der Waals surface area contributed by atoms with Gasteiger partial charge in [0.2, 0.25) is 0 Å². The Morgan fingerprint density at radius 1 is 1.04 bits per heavy atom. The van der Waals surface area contributed by atoms with Gasteiger partial charge in [-0.15, -0.1) is 0 Å². The molecule has 0 bridgehead atoms. The van der Waals surface area contributed by atoms with Crippen molar-refractivity contribution in [3.8, 4) is 0 Å². The number of rotatable bonds is 5. The van der Waals surface area contributed by atoms with E-state index >= 15 is 0 Å². The largest absolute Gasteiger partial charge is 0.310 e. The Hall–Kier alpha value is -2.85. The summed E-state index contributed by atoms with van der Waals surface area (Å²) in [6, 6.07) is 20.0. The molecule has 3 aromatic rings. The number of benzene rings is 2. The van der Waals surface area contributed by atoms with Crippen molar-refractivity contribution in [3.05, 3.63) is 99.4 Å². The number of carbonyl (C=O) groups is 1. The Kier molecular flexibility index (Phi) is 5.54. The van der Waals surface area contributed by atoms with Crippen LogP contribution in [0.1, 0.15) is 22.8 Å². The molecular formula is C21H19ClN2O2. The van der Waals surface area contributed by atoms with Crippen LogP contribution in [0.5, 0.6) is 0 Å². The minimum absolute atomic E-state index is 0.153. The smallest absolute Gasteiger partial charge is 0.263 e. The van der Waals surface area contributed by atoms with Gasteiger partial charge in [-0.05, 0) is 48.9 Å². The van der Waals surface area contributed by atoms with E-state index in [0.717, 1.165) is 11.3 Å². The molecule has 0 saturated carbocycles. The van der Waals surface area contributed by atoms with Gasteiger partial charge in [0.05, 0.1) is 6.54 Å². The molecule has 0 aliphatic carbocycles. The molecule has 0 aliphatic rings. The summed E-state index contributed by atoms with van der Waals surface area (Å²) in [5, 5.41) is 0.615. The van der Waals surface area contributed by atoms with E-state index in [0.29, 0.717) is 18.1 Å². The summed E-state index contributed by atoms with van der Waals surface area (Å²) < 4.78 is 1.53. The topological polar surface area (TPSA) is 42.3 Å². The molecule has 0 spiro atoms. The number of anilines is 1. The van der Waals surface area contributed by atoms with E-state index in [4.69, 9.17) is 11.6 Å². The molecule has 0 atom stereocenters. The Bertz CT molecular complexity index is 967. The standard InChI is InChI=1S/C21H19ClN2O2/c1-2-24(18-10-4-3-5-11-18)21(26)19-12-7-13-23(20(19)25)15-16-8-6-9-17(22)14-16/h3-14H,2,15H2,1H3. The fraction of sp³-hybridized carbons (Fsp3) is 0.143. The normalized spacial score (nSPS) is 10.5. The highest BCUT2D eigenvalue weighted by atomic mass is 35.5. The molecule has 0 aliphatic heterocycles. The Morgan fingerprint density at radius 3 is 2.50 bits per heavy atom. The highest BCUT2D eigenvalue weighted by Gasteiger charge is 2.19. The number of aromatic nitrogens is 1. The summed E-state index contributed by atoms with van der Waals surface area (Å²) in [5.41, 5.74) is 1.51. The van der Waals surface area contributed by atoms with Gasteiger partial charge in [0, 0.05) is 23.5 Å². The predicted molar refractivity (Wildman–Crippen MR) is 105 cm³/mol. The monoisotopic (exact) mass is 366 g/mol. The predicted octanol–water partition coefficient (Wildman–Crippen LogP) is 4.22. The number of amides is 1. The second kappa shape index (κ2) is 8.02. The SMILES string of the molecule is CCN(C(=O)c1cccn(Cc2cccc(Cl)c2)c1=O)c1ccccc1. The van der Waals surface area contributed by atoms with Gasteiger partial charge in [-0.3, -0.25) is 9.59 Å². The van der Waals surface area contributed by atoms with E-state index in [1.54, 1.807) is 29.3 Å². The summed E-state index contributed by atoms with van der Waals surface area (Å²) in [4.78, 5) is 27.4. The van der Waals surface area contributed by atoms with Crippen molar-refractivity contribution in [3.63, 3.8) is 0 Å². The maximum Gasteiger partial charge on any atom is 0.263 e. The zero-order valence-electron chi connectivity index (χ0n) is 14.4. The van der Waals surface area contributed by atoms with Gasteiger partial charge in [-0.1, -0.05) is 41.9 Å². The van der Waals surface area contributed by atoms with Crippen LogP contribution in [0.4, 0.5) is 5.69 Å². The zero-order valence-corrected chi connectivity index (χ0v) is 15.2. The minimum Gasteiger partial charge on any atom is -0.310 e. The summed E-state index contributed by atoms with van der Waals surface area (Å²) in [6.45, 7) is 2.72. The third-order valence-corrected chi connectivity index (χ3v) is 4.36. The van der Waals surface area contributed by atoms with E-state index in [2.05, 4.69) is 0 Å². The molecule has 2 aromatic carbocycles. The molecule has 132 valence electrons. The van der Waals surface area contributed by atoms with Crippen LogP contribution in [-0.4, -0.2) is 17.0 Å². The Balaban J connectivity index is 1.93. The van der Waals surface area contributed by atoms with Crippen molar-refractivity contribution in [1.82, 2.24) is 4.57 Å². The molecule has 1 aromatic heterocycles. The molecule has 0 saturated heterocycles. The van der Waals surface area contributed by atoms with Crippen LogP contribution in [-0.2, 0) is 6.54 Å². The molecule has 0 fully saturated rings. The fourth-order valence-corrected chi connectivity index (χ4v) is 3.07. The lowest BCUT2D eigenvalue weighted by atomic mass is 10.2. The number of hydrogen-bond donors (Lipinski definition) is 0. The maximum atomic E-state index is 12.9. The quantitative estimate of drug-likeness (QED) is 0.678. The first-order chi connectivity index (χ1) is 12.6. The number of nitrogens with zero attached hydrogens (tertiary/aromatic N) is 2. The lowest BCUT2D eigenvalue weighted by molar-refractivity contribution is 0.0986. The lowest BCUT2D eigenvalue weighted by Crippen LogP contribution is -2.36. The first-order valence-corrected chi connectivity index (χ1v) is 8.78.